The Balaban J connectivity index is 1.65. The Bertz CT molecular complexity index is 1300. The number of amides is 3. The van der Waals surface area contributed by atoms with Gasteiger partial charge < -0.3 is 15.0 Å². The number of benzene rings is 2. The molecule has 2 N–H and O–H groups in total. The zero-order valence-electron chi connectivity index (χ0n) is 19.8. The summed E-state index contributed by atoms with van der Waals surface area (Å²) in [6.07, 6.45) is 0.388. The summed E-state index contributed by atoms with van der Waals surface area (Å²) in [5.74, 6) is -0.0827. The van der Waals surface area contributed by atoms with E-state index in [9.17, 15) is 14.7 Å². The number of fused-ring (bicyclic) bond motifs is 4. The van der Waals surface area contributed by atoms with Gasteiger partial charge in [-0.3, -0.25) is 14.6 Å². The largest absolute Gasteiger partial charge is 0.508 e. The van der Waals surface area contributed by atoms with Gasteiger partial charge in [-0.1, -0.05) is 23.7 Å². The quantitative estimate of drug-likeness (QED) is 0.525. The van der Waals surface area contributed by atoms with Gasteiger partial charge in [0.25, 0.3) is 5.91 Å². The number of likely N-dealkylation sites (N-methyl/N-ethyl adjacent to an activating group) is 1. The number of hydrogen-bond acceptors (Lipinski definition) is 4. The van der Waals surface area contributed by atoms with E-state index in [1.807, 2.05) is 38.2 Å². The van der Waals surface area contributed by atoms with Crippen LogP contribution in [0.3, 0.4) is 0 Å². The summed E-state index contributed by atoms with van der Waals surface area (Å²) in [4.78, 5) is 36.3. The molecule has 34 heavy (non-hydrogen) atoms. The number of imide groups is 1. The van der Waals surface area contributed by atoms with Crippen molar-refractivity contribution in [1.29, 1.82) is 0 Å². The number of aromatic amines is 1. The number of carbonyl (C=O) groups is 2. The average molecular weight is 481 g/mol. The highest BCUT2D eigenvalue weighted by Gasteiger charge is 2.60. The molecule has 178 valence electrons. The van der Waals surface area contributed by atoms with Gasteiger partial charge in [-0.05, 0) is 69.3 Å². The van der Waals surface area contributed by atoms with Crippen LogP contribution in [0, 0.1) is 0 Å². The smallest absolute Gasteiger partial charge is 0.328 e. The van der Waals surface area contributed by atoms with Crippen LogP contribution in [-0.4, -0.2) is 68.4 Å². The fourth-order valence-electron chi connectivity index (χ4n) is 5.24. The Labute approximate surface area is 203 Å². The summed E-state index contributed by atoms with van der Waals surface area (Å²) < 4.78 is 0. The molecule has 3 aromatic rings. The number of urea groups is 1. The maximum atomic E-state index is 13.8. The maximum absolute atomic E-state index is 13.8. The average Bonchev–Trinajstić information content (AvgIpc) is 3.22. The molecule has 1 aromatic heterocycles. The summed E-state index contributed by atoms with van der Waals surface area (Å²) in [6, 6.07) is 12.0. The lowest BCUT2D eigenvalue weighted by Crippen LogP contribution is -2.53. The van der Waals surface area contributed by atoms with Crippen molar-refractivity contribution in [3.63, 3.8) is 0 Å². The highest BCUT2D eigenvalue weighted by Crippen LogP contribution is 2.49. The lowest BCUT2D eigenvalue weighted by Gasteiger charge is -2.42. The van der Waals surface area contributed by atoms with E-state index in [-0.39, 0.29) is 17.7 Å². The first-order valence-electron chi connectivity index (χ1n) is 11.6. The van der Waals surface area contributed by atoms with E-state index in [1.165, 1.54) is 4.90 Å². The second-order valence-electron chi connectivity index (χ2n) is 9.84. The van der Waals surface area contributed by atoms with Crippen LogP contribution in [0.15, 0.2) is 42.5 Å². The standard InChI is InChI=1S/C26H29ClN4O3/c1-15(2)29(4)10-11-30-24(33)26(3)14-20-19-13-17(27)8-9-21(19)28-22(20)23(31(26)25(30)34)16-6-5-7-18(32)12-16/h5-9,12-13,15,23,28,32H,10-11,14H2,1-4H3. The van der Waals surface area contributed by atoms with Gasteiger partial charge in [0.05, 0.1) is 0 Å². The molecule has 2 unspecified atom stereocenters. The van der Waals surface area contributed by atoms with Crippen molar-refractivity contribution in [1.82, 2.24) is 19.7 Å². The van der Waals surface area contributed by atoms with Gasteiger partial charge in [-0.2, -0.15) is 0 Å². The van der Waals surface area contributed by atoms with Gasteiger partial charge in [0.2, 0.25) is 0 Å². The number of phenols is 1. The molecule has 3 amide bonds. The van der Waals surface area contributed by atoms with Gasteiger partial charge in [0.1, 0.15) is 17.3 Å². The van der Waals surface area contributed by atoms with E-state index in [0.29, 0.717) is 30.6 Å². The summed E-state index contributed by atoms with van der Waals surface area (Å²) in [7, 11) is 1.99. The number of hydrogen-bond donors (Lipinski definition) is 2. The first kappa shape index (κ1) is 22.7. The predicted molar refractivity (Wildman–Crippen MR) is 132 cm³/mol. The molecule has 3 heterocycles. The lowest BCUT2D eigenvalue weighted by molar-refractivity contribution is -0.133. The monoisotopic (exact) mass is 480 g/mol. The highest BCUT2D eigenvalue weighted by molar-refractivity contribution is 6.31. The van der Waals surface area contributed by atoms with Gasteiger partial charge >= 0.3 is 6.03 Å². The summed E-state index contributed by atoms with van der Waals surface area (Å²) in [5, 5.41) is 11.8. The van der Waals surface area contributed by atoms with E-state index in [0.717, 1.165) is 27.7 Å². The molecular weight excluding hydrogens is 452 g/mol. The molecule has 2 aliphatic rings. The molecule has 7 nitrogen and oxygen atoms in total. The second kappa shape index (κ2) is 8.03. The Morgan fingerprint density at radius 3 is 2.71 bits per heavy atom. The van der Waals surface area contributed by atoms with Crippen molar-refractivity contribution < 1.29 is 14.7 Å². The molecule has 0 saturated carbocycles. The van der Waals surface area contributed by atoms with E-state index in [1.54, 1.807) is 23.1 Å². The molecule has 0 bridgehead atoms. The Kier molecular flexibility index (Phi) is 5.37. The van der Waals surface area contributed by atoms with Crippen LogP contribution in [0.2, 0.25) is 5.02 Å². The SMILES string of the molecule is CC(C)N(C)CCN1C(=O)N2C(c3cccc(O)c3)c3[nH]c4ccc(Cl)cc4c3CC2(C)C1=O. The Morgan fingerprint density at radius 2 is 2.00 bits per heavy atom. The van der Waals surface area contributed by atoms with Crippen LogP contribution in [0.25, 0.3) is 10.9 Å². The topological polar surface area (TPSA) is 79.9 Å². The normalized spacial score (nSPS) is 22.3. The zero-order valence-corrected chi connectivity index (χ0v) is 20.6. The van der Waals surface area contributed by atoms with Crippen LogP contribution in [0.5, 0.6) is 5.75 Å². The molecule has 0 spiro atoms. The van der Waals surface area contributed by atoms with E-state index in [2.05, 4.69) is 23.7 Å². The zero-order chi connectivity index (χ0) is 24.4. The summed E-state index contributed by atoms with van der Waals surface area (Å²) in [5.41, 5.74) is 2.43. The van der Waals surface area contributed by atoms with Crippen LogP contribution < -0.4 is 0 Å². The van der Waals surface area contributed by atoms with Crippen molar-refractivity contribution in [2.45, 2.75) is 44.8 Å². The van der Waals surface area contributed by atoms with Crippen molar-refractivity contribution in [2.75, 3.05) is 20.1 Å². The van der Waals surface area contributed by atoms with Crippen LogP contribution in [0.1, 0.15) is 43.6 Å². The lowest BCUT2D eigenvalue weighted by atomic mass is 9.81. The first-order chi connectivity index (χ1) is 16.1. The number of rotatable bonds is 5. The van der Waals surface area contributed by atoms with E-state index in [4.69, 9.17) is 11.6 Å². The molecule has 5 rings (SSSR count). The number of nitrogens with one attached hydrogen (secondary N) is 1. The van der Waals surface area contributed by atoms with Gasteiger partial charge in [-0.15, -0.1) is 0 Å². The molecule has 0 aliphatic carbocycles. The van der Waals surface area contributed by atoms with Crippen LogP contribution in [-0.2, 0) is 11.2 Å². The minimum Gasteiger partial charge on any atom is -0.508 e. The third kappa shape index (κ3) is 3.37. The number of aromatic nitrogens is 1. The molecule has 2 aromatic carbocycles. The summed E-state index contributed by atoms with van der Waals surface area (Å²) in [6.45, 7) is 6.94. The number of phenolic OH excluding ortho intramolecular Hbond substituents is 1. The van der Waals surface area contributed by atoms with Crippen LogP contribution in [0.4, 0.5) is 4.79 Å². The number of aromatic hydroxyl groups is 1. The van der Waals surface area contributed by atoms with Crippen LogP contribution >= 0.6 is 11.6 Å². The molecular formula is C26H29ClN4O3. The van der Waals surface area contributed by atoms with Crippen molar-refractivity contribution in [3.05, 3.63) is 64.3 Å². The third-order valence-electron chi connectivity index (χ3n) is 7.37. The minimum absolute atomic E-state index is 0.110. The molecule has 2 aliphatic heterocycles. The highest BCUT2D eigenvalue weighted by atomic mass is 35.5. The van der Waals surface area contributed by atoms with Crippen molar-refractivity contribution in [2.24, 2.45) is 0 Å². The Hall–Kier alpha value is -3.03. The number of carbonyl (C=O) groups excluding carboxylic acids is 2. The fourth-order valence-corrected chi connectivity index (χ4v) is 5.41. The fraction of sp³-hybridized carbons (Fsp3) is 0.385. The van der Waals surface area contributed by atoms with Gasteiger partial charge in [-0.25, -0.2) is 4.79 Å². The van der Waals surface area contributed by atoms with Gasteiger partial charge in [0.15, 0.2) is 0 Å². The molecule has 2 atom stereocenters. The Morgan fingerprint density at radius 1 is 1.24 bits per heavy atom. The second-order valence-corrected chi connectivity index (χ2v) is 10.3. The van der Waals surface area contributed by atoms with Gasteiger partial charge in [0, 0.05) is 47.2 Å². The van der Waals surface area contributed by atoms with Crippen molar-refractivity contribution in [3.8, 4) is 5.75 Å². The maximum Gasteiger partial charge on any atom is 0.328 e. The molecule has 1 fully saturated rings. The minimum atomic E-state index is -1.05. The number of nitrogens with zero attached hydrogens (tertiary/aromatic N) is 3. The van der Waals surface area contributed by atoms with E-state index >= 15 is 0 Å². The van der Waals surface area contributed by atoms with E-state index < -0.39 is 11.6 Å². The molecule has 0 radical (unpaired) electrons. The van der Waals surface area contributed by atoms with Crippen molar-refractivity contribution >= 4 is 34.4 Å². The third-order valence-corrected chi connectivity index (χ3v) is 7.61. The summed E-state index contributed by atoms with van der Waals surface area (Å²) >= 11 is 6.32. The first-order valence-corrected chi connectivity index (χ1v) is 11.9. The predicted octanol–water partition coefficient (Wildman–Crippen LogP) is 4.54. The number of halogens is 1. The molecule has 1 saturated heterocycles. The molecule has 8 heteroatoms. The number of H-pyrrole nitrogens is 1.